The molecule has 0 saturated heterocycles. The van der Waals surface area contributed by atoms with Crippen molar-refractivity contribution in [1.29, 1.82) is 0 Å². The van der Waals surface area contributed by atoms with E-state index < -0.39 is 12.3 Å². The van der Waals surface area contributed by atoms with E-state index >= 15 is 0 Å². The number of hydrogen-bond acceptors (Lipinski definition) is 6. The summed E-state index contributed by atoms with van der Waals surface area (Å²) in [4.78, 5) is 16.6. The fourth-order valence-electron chi connectivity index (χ4n) is 3.15. The van der Waals surface area contributed by atoms with Crippen LogP contribution in [0.2, 0.25) is 0 Å². The van der Waals surface area contributed by atoms with Gasteiger partial charge in [-0.25, -0.2) is 0 Å². The Morgan fingerprint density at radius 2 is 2.12 bits per heavy atom. The third-order valence-corrected chi connectivity index (χ3v) is 4.83. The number of fused-ring (bicyclic) bond motifs is 1. The Labute approximate surface area is 154 Å². The van der Waals surface area contributed by atoms with E-state index in [0.717, 1.165) is 18.5 Å². The predicted octanol–water partition coefficient (Wildman–Crippen LogP) is 2.75. The Hall–Kier alpha value is -2.31. The average molecular weight is 358 g/mol. The minimum absolute atomic E-state index is 0.0674. The first kappa shape index (κ1) is 18.5. The Bertz CT molecular complexity index is 729. The molecule has 0 bridgehead atoms. The van der Waals surface area contributed by atoms with Crippen LogP contribution in [0.25, 0.3) is 0 Å². The van der Waals surface area contributed by atoms with Gasteiger partial charge >= 0.3 is 0 Å². The molecule has 0 saturated carbocycles. The van der Waals surface area contributed by atoms with Gasteiger partial charge in [0.15, 0.2) is 17.3 Å². The van der Waals surface area contributed by atoms with E-state index in [9.17, 15) is 9.90 Å². The molecule has 1 aromatic rings. The van der Waals surface area contributed by atoms with Gasteiger partial charge in [0.25, 0.3) is 0 Å². The van der Waals surface area contributed by atoms with Crippen LogP contribution in [0.1, 0.15) is 37.0 Å². The number of aliphatic hydroxyl groups is 1. The lowest BCUT2D eigenvalue weighted by Crippen LogP contribution is -2.44. The highest BCUT2D eigenvalue weighted by atomic mass is 16.7. The molecule has 0 aromatic heterocycles. The number of ether oxygens (including phenoxy) is 2. The molecule has 0 spiro atoms. The average Bonchev–Trinajstić information content (AvgIpc) is 3.14. The zero-order valence-electron chi connectivity index (χ0n) is 15.5. The van der Waals surface area contributed by atoms with Crippen molar-refractivity contribution in [3.8, 4) is 11.5 Å². The van der Waals surface area contributed by atoms with Crippen LogP contribution in [0.3, 0.4) is 0 Å². The van der Waals surface area contributed by atoms with Gasteiger partial charge in [-0.3, -0.25) is 9.69 Å². The highest BCUT2D eigenvalue weighted by Gasteiger charge is 2.28. The molecule has 6 heteroatoms. The van der Waals surface area contributed by atoms with Crippen molar-refractivity contribution in [2.24, 2.45) is 0 Å². The molecule has 0 radical (unpaired) electrons. The van der Waals surface area contributed by atoms with Crippen molar-refractivity contribution in [3.05, 3.63) is 47.8 Å². The number of aliphatic hydroxyl groups excluding tert-OH is 1. The number of ketones is 1. The largest absolute Gasteiger partial charge is 0.454 e. The van der Waals surface area contributed by atoms with Crippen LogP contribution in [0.4, 0.5) is 0 Å². The molecule has 140 valence electrons. The highest BCUT2D eigenvalue weighted by molar-refractivity contribution is 6.00. The second kappa shape index (κ2) is 7.93. The Kier molecular flexibility index (Phi) is 5.64. The predicted molar refractivity (Wildman–Crippen MR) is 99.0 cm³/mol. The van der Waals surface area contributed by atoms with Gasteiger partial charge in [0.05, 0.1) is 6.04 Å². The fourth-order valence-corrected chi connectivity index (χ4v) is 3.15. The van der Waals surface area contributed by atoms with Crippen LogP contribution in [0.15, 0.2) is 42.2 Å². The molecule has 3 rings (SSSR count). The van der Waals surface area contributed by atoms with Crippen LogP contribution in [0, 0.1) is 0 Å². The van der Waals surface area contributed by atoms with E-state index in [2.05, 4.69) is 11.8 Å². The number of nitrogens with zero attached hydrogens (tertiary/aromatic N) is 2. The van der Waals surface area contributed by atoms with E-state index in [1.807, 2.05) is 18.5 Å². The summed E-state index contributed by atoms with van der Waals surface area (Å²) in [5.41, 5.74) is 1.43. The molecule has 2 aliphatic heterocycles. The van der Waals surface area contributed by atoms with Gasteiger partial charge in [0.1, 0.15) is 6.23 Å². The summed E-state index contributed by atoms with van der Waals surface area (Å²) in [7, 11) is 1.77. The molecule has 26 heavy (non-hydrogen) atoms. The van der Waals surface area contributed by atoms with E-state index in [1.54, 1.807) is 37.1 Å². The SMILES string of the molecule is CCCN1C=CCC(C(O)N(C)C(C)C(=O)c2ccc3c(c2)OCO3)=C1. The van der Waals surface area contributed by atoms with Gasteiger partial charge in [0, 0.05) is 18.3 Å². The number of carbonyl (C=O) groups excluding carboxylic acids is 1. The van der Waals surface area contributed by atoms with Crippen molar-refractivity contribution in [2.75, 3.05) is 20.4 Å². The summed E-state index contributed by atoms with van der Waals surface area (Å²) in [6.07, 6.45) is 6.93. The van der Waals surface area contributed by atoms with E-state index in [-0.39, 0.29) is 12.6 Å². The van der Waals surface area contributed by atoms with E-state index in [0.29, 0.717) is 23.5 Å². The minimum Gasteiger partial charge on any atom is -0.454 e. The number of allylic oxidation sites excluding steroid dienone is 1. The zero-order valence-corrected chi connectivity index (χ0v) is 15.5. The Balaban J connectivity index is 1.70. The molecule has 6 nitrogen and oxygen atoms in total. The van der Waals surface area contributed by atoms with Gasteiger partial charge in [-0.1, -0.05) is 13.0 Å². The van der Waals surface area contributed by atoms with Crippen molar-refractivity contribution >= 4 is 5.78 Å². The molecular weight excluding hydrogens is 332 g/mol. The van der Waals surface area contributed by atoms with Gasteiger partial charge in [-0.2, -0.15) is 0 Å². The normalized spacial score (nSPS) is 18.0. The Morgan fingerprint density at radius 1 is 1.35 bits per heavy atom. The van der Waals surface area contributed by atoms with Crippen LogP contribution < -0.4 is 9.47 Å². The van der Waals surface area contributed by atoms with E-state index in [4.69, 9.17) is 9.47 Å². The summed E-state index contributed by atoms with van der Waals surface area (Å²) in [6.45, 7) is 5.00. The Morgan fingerprint density at radius 3 is 2.88 bits per heavy atom. The summed E-state index contributed by atoms with van der Waals surface area (Å²) in [5, 5.41) is 10.7. The van der Waals surface area contributed by atoms with Gasteiger partial charge in [-0.05, 0) is 56.8 Å². The first-order valence-corrected chi connectivity index (χ1v) is 8.98. The maximum atomic E-state index is 12.8. The van der Waals surface area contributed by atoms with Crippen LogP contribution >= 0.6 is 0 Å². The molecule has 2 aliphatic rings. The molecule has 2 unspecified atom stereocenters. The molecule has 0 amide bonds. The molecule has 0 fully saturated rings. The first-order chi connectivity index (χ1) is 12.5. The van der Waals surface area contributed by atoms with Crippen LogP contribution in [0.5, 0.6) is 11.5 Å². The lowest BCUT2D eigenvalue weighted by molar-refractivity contribution is 0.0236. The number of hydrogen-bond donors (Lipinski definition) is 1. The summed E-state index contributed by atoms with van der Waals surface area (Å²) in [5.74, 6) is 1.17. The third-order valence-electron chi connectivity index (χ3n) is 4.83. The second-order valence-corrected chi connectivity index (χ2v) is 6.68. The summed E-state index contributed by atoms with van der Waals surface area (Å²) >= 11 is 0. The third kappa shape index (κ3) is 3.76. The molecule has 0 aliphatic carbocycles. The van der Waals surface area contributed by atoms with Gasteiger partial charge in [-0.15, -0.1) is 0 Å². The van der Waals surface area contributed by atoms with Gasteiger partial charge in [0.2, 0.25) is 6.79 Å². The standard InChI is InChI=1S/C20H26N2O4/c1-4-9-22-10-5-6-16(12-22)20(24)21(3)14(2)19(23)15-7-8-17-18(11-15)26-13-25-17/h5,7-8,10-12,14,20,24H,4,6,9,13H2,1-3H3. The molecule has 1 N–H and O–H groups in total. The van der Waals surface area contributed by atoms with Crippen molar-refractivity contribution in [1.82, 2.24) is 9.80 Å². The monoisotopic (exact) mass is 358 g/mol. The number of Topliss-reactive ketones (excluding diaryl/α,β-unsaturated/α-hetero) is 1. The highest BCUT2D eigenvalue weighted by Crippen LogP contribution is 2.33. The minimum atomic E-state index is -0.813. The quantitative estimate of drug-likeness (QED) is 0.597. The number of likely N-dealkylation sites (N-methyl/N-ethyl adjacent to an activating group) is 1. The molecule has 2 atom stereocenters. The topological polar surface area (TPSA) is 62.2 Å². The van der Waals surface area contributed by atoms with Crippen molar-refractivity contribution in [2.45, 2.75) is 39.0 Å². The number of benzene rings is 1. The first-order valence-electron chi connectivity index (χ1n) is 8.98. The summed E-state index contributed by atoms with van der Waals surface area (Å²) in [6, 6.07) is 4.71. The lowest BCUT2D eigenvalue weighted by atomic mass is 10.0. The maximum absolute atomic E-state index is 12.8. The van der Waals surface area contributed by atoms with Crippen molar-refractivity contribution in [3.63, 3.8) is 0 Å². The fraction of sp³-hybridized carbons (Fsp3) is 0.450. The van der Waals surface area contributed by atoms with Crippen LogP contribution in [-0.4, -0.2) is 53.3 Å². The smallest absolute Gasteiger partial charge is 0.231 e. The van der Waals surface area contributed by atoms with Gasteiger partial charge < -0.3 is 19.5 Å². The van der Waals surface area contributed by atoms with Crippen molar-refractivity contribution < 1.29 is 19.4 Å². The molecule has 1 aromatic carbocycles. The molecular formula is C20H26N2O4. The lowest BCUT2D eigenvalue weighted by Gasteiger charge is -2.32. The van der Waals surface area contributed by atoms with Crippen LogP contribution in [-0.2, 0) is 0 Å². The van der Waals surface area contributed by atoms with E-state index in [1.165, 1.54) is 0 Å². The summed E-state index contributed by atoms with van der Waals surface area (Å²) < 4.78 is 10.6. The molecule has 2 heterocycles. The number of rotatable bonds is 7. The second-order valence-electron chi connectivity index (χ2n) is 6.68. The number of carbonyl (C=O) groups is 1. The maximum Gasteiger partial charge on any atom is 0.231 e. The zero-order chi connectivity index (χ0) is 18.7.